The number of carbonyl (C=O) groups excluding carboxylic acids is 1. The summed E-state index contributed by atoms with van der Waals surface area (Å²) in [5.74, 6) is -0.222. The molecule has 0 aliphatic heterocycles. The summed E-state index contributed by atoms with van der Waals surface area (Å²) in [6.45, 7) is 9.35. The summed E-state index contributed by atoms with van der Waals surface area (Å²) >= 11 is 2.28. The highest BCUT2D eigenvalue weighted by Gasteiger charge is 2.37. The highest BCUT2D eigenvalue weighted by atomic mass is 127. The molecule has 0 fully saturated rings. The fourth-order valence-corrected chi connectivity index (χ4v) is 0.591. The van der Waals surface area contributed by atoms with Gasteiger partial charge in [0.2, 0.25) is 0 Å². The zero-order valence-electron chi connectivity index (χ0n) is 7.69. The van der Waals surface area contributed by atoms with E-state index in [9.17, 15) is 4.79 Å². The molecule has 0 unspecified atom stereocenters. The van der Waals surface area contributed by atoms with E-state index in [1.807, 2.05) is 27.7 Å². The van der Waals surface area contributed by atoms with E-state index in [0.29, 0.717) is 0 Å². The van der Waals surface area contributed by atoms with Gasteiger partial charge in [-0.2, -0.15) is 0 Å². The molecule has 0 aromatic carbocycles. The van der Waals surface area contributed by atoms with Gasteiger partial charge in [0.1, 0.15) is 5.60 Å². The van der Waals surface area contributed by atoms with Crippen LogP contribution < -0.4 is 0 Å². The Labute approximate surface area is 81.8 Å². The Hall–Kier alpha value is 0.200. The van der Waals surface area contributed by atoms with Crippen molar-refractivity contribution in [1.82, 2.24) is 0 Å². The Bertz CT molecular complexity index is 156. The Balaban J connectivity index is 4.34. The summed E-state index contributed by atoms with van der Waals surface area (Å²) in [5.41, 5.74) is -0.403. The lowest BCUT2D eigenvalue weighted by Crippen LogP contribution is -2.43. The molecule has 0 aromatic heterocycles. The average molecular weight is 270 g/mol. The third-order valence-electron chi connectivity index (χ3n) is 1.83. The third kappa shape index (κ3) is 3.40. The number of rotatable bonds is 2. The number of carbonyl (C=O) groups is 1. The van der Waals surface area contributed by atoms with Crippen molar-refractivity contribution in [3.63, 3.8) is 0 Å². The lowest BCUT2D eigenvalue weighted by Gasteiger charge is -2.35. The Morgan fingerprint density at radius 3 is 1.73 bits per heavy atom. The first kappa shape index (κ1) is 11.2. The molecule has 0 spiro atoms. The van der Waals surface area contributed by atoms with Crippen molar-refractivity contribution in [1.29, 1.82) is 0 Å². The average Bonchev–Trinajstić information content (AvgIpc) is 1.56. The Kier molecular flexibility index (Phi) is 3.35. The fourth-order valence-electron chi connectivity index (χ4n) is 0.481. The van der Waals surface area contributed by atoms with Crippen molar-refractivity contribution in [3.05, 3.63) is 0 Å². The second kappa shape index (κ2) is 3.29. The first-order valence-electron chi connectivity index (χ1n) is 3.55. The highest BCUT2D eigenvalue weighted by molar-refractivity contribution is 14.1. The quantitative estimate of drug-likeness (QED) is 0.438. The van der Waals surface area contributed by atoms with Gasteiger partial charge in [0.15, 0.2) is 0 Å². The smallest absolute Gasteiger partial charge is 0.303 e. The number of ether oxygens (including phenoxy) is 1. The minimum atomic E-state index is -0.403. The fraction of sp³-hybridized carbons (Fsp3) is 0.875. The van der Waals surface area contributed by atoms with Crippen LogP contribution in [0.1, 0.15) is 34.6 Å². The van der Waals surface area contributed by atoms with E-state index in [1.54, 1.807) is 0 Å². The van der Waals surface area contributed by atoms with Gasteiger partial charge in [-0.15, -0.1) is 0 Å². The van der Waals surface area contributed by atoms with Crippen LogP contribution in [0.25, 0.3) is 0 Å². The molecule has 0 saturated heterocycles. The molecule has 11 heavy (non-hydrogen) atoms. The zero-order chi connectivity index (χ0) is 9.28. The molecule has 0 saturated carbocycles. The molecule has 0 N–H and O–H groups in total. The molecule has 3 heteroatoms. The minimum absolute atomic E-state index is 0.0452. The van der Waals surface area contributed by atoms with Gasteiger partial charge in [0, 0.05) is 6.92 Å². The van der Waals surface area contributed by atoms with Crippen molar-refractivity contribution < 1.29 is 9.53 Å². The minimum Gasteiger partial charge on any atom is -0.458 e. The molecule has 0 aliphatic carbocycles. The number of hydrogen-bond acceptors (Lipinski definition) is 2. The van der Waals surface area contributed by atoms with Crippen LogP contribution in [0.3, 0.4) is 0 Å². The summed E-state index contributed by atoms with van der Waals surface area (Å²) in [6.07, 6.45) is 0. The summed E-state index contributed by atoms with van der Waals surface area (Å²) in [5, 5.41) is 0. The van der Waals surface area contributed by atoms with Gasteiger partial charge in [-0.1, -0.05) is 22.6 Å². The number of hydrogen-bond donors (Lipinski definition) is 0. The summed E-state index contributed by atoms with van der Waals surface area (Å²) in [4.78, 5) is 10.7. The van der Waals surface area contributed by atoms with Gasteiger partial charge in [-0.25, -0.2) is 0 Å². The molecule has 0 rings (SSSR count). The van der Waals surface area contributed by atoms with E-state index in [2.05, 4.69) is 22.6 Å². The SMILES string of the molecule is CC(=O)OC(C)(C)C(C)(C)I. The zero-order valence-corrected chi connectivity index (χ0v) is 9.85. The van der Waals surface area contributed by atoms with E-state index in [4.69, 9.17) is 4.74 Å². The first-order valence-corrected chi connectivity index (χ1v) is 4.63. The van der Waals surface area contributed by atoms with Gasteiger partial charge >= 0.3 is 5.97 Å². The van der Waals surface area contributed by atoms with Crippen LogP contribution >= 0.6 is 22.6 Å². The van der Waals surface area contributed by atoms with E-state index < -0.39 is 5.60 Å². The molecule has 0 bridgehead atoms. The van der Waals surface area contributed by atoms with Crippen molar-refractivity contribution in [3.8, 4) is 0 Å². The monoisotopic (exact) mass is 270 g/mol. The molecule has 2 nitrogen and oxygen atoms in total. The topological polar surface area (TPSA) is 26.3 Å². The van der Waals surface area contributed by atoms with E-state index in [-0.39, 0.29) is 9.39 Å². The van der Waals surface area contributed by atoms with E-state index >= 15 is 0 Å². The van der Waals surface area contributed by atoms with Gasteiger partial charge in [-0.05, 0) is 27.7 Å². The molecule has 0 atom stereocenters. The Morgan fingerprint density at radius 1 is 1.27 bits per heavy atom. The standard InChI is InChI=1S/C8H15IO2/c1-6(10)11-8(4,5)7(2,3)9/h1-5H3. The molecule has 0 aliphatic rings. The van der Waals surface area contributed by atoms with Crippen molar-refractivity contribution in [2.75, 3.05) is 0 Å². The number of esters is 1. The van der Waals surface area contributed by atoms with Gasteiger partial charge in [0.25, 0.3) is 0 Å². The van der Waals surface area contributed by atoms with Crippen LogP contribution in [0.4, 0.5) is 0 Å². The van der Waals surface area contributed by atoms with Crippen molar-refractivity contribution >= 4 is 28.6 Å². The molecular weight excluding hydrogens is 255 g/mol. The normalized spacial score (nSPS) is 12.9. The number of halogens is 1. The Morgan fingerprint density at radius 2 is 1.64 bits per heavy atom. The summed E-state index contributed by atoms with van der Waals surface area (Å²) in [7, 11) is 0. The lowest BCUT2D eigenvalue weighted by molar-refractivity contribution is -0.155. The molecule has 66 valence electrons. The second-order valence-electron chi connectivity index (χ2n) is 3.58. The van der Waals surface area contributed by atoms with Crippen LogP contribution in [0, 0.1) is 0 Å². The van der Waals surface area contributed by atoms with Gasteiger partial charge in [-0.3, -0.25) is 4.79 Å². The number of alkyl halides is 1. The molecule has 0 heterocycles. The van der Waals surface area contributed by atoms with Crippen LogP contribution in [-0.2, 0) is 9.53 Å². The van der Waals surface area contributed by atoms with Crippen molar-refractivity contribution in [2.24, 2.45) is 0 Å². The van der Waals surface area contributed by atoms with Crippen LogP contribution in [0.15, 0.2) is 0 Å². The second-order valence-corrected chi connectivity index (χ2v) is 6.27. The van der Waals surface area contributed by atoms with Crippen LogP contribution in [0.2, 0.25) is 0 Å². The maximum atomic E-state index is 10.7. The molecule has 0 radical (unpaired) electrons. The van der Waals surface area contributed by atoms with E-state index in [1.165, 1.54) is 6.92 Å². The van der Waals surface area contributed by atoms with E-state index in [0.717, 1.165) is 0 Å². The largest absolute Gasteiger partial charge is 0.458 e. The van der Waals surface area contributed by atoms with Crippen LogP contribution in [-0.4, -0.2) is 15.0 Å². The highest BCUT2D eigenvalue weighted by Crippen LogP contribution is 2.33. The van der Waals surface area contributed by atoms with Crippen LogP contribution in [0.5, 0.6) is 0 Å². The predicted octanol–water partition coefficient (Wildman–Crippen LogP) is 2.54. The van der Waals surface area contributed by atoms with Crippen molar-refractivity contribution in [2.45, 2.75) is 43.6 Å². The summed E-state index contributed by atoms with van der Waals surface area (Å²) in [6, 6.07) is 0. The maximum absolute atomic E-state index is 10.7. The molecular formula is C8H15IO2. The maximum Gasteiger partial charge on any atom is 0.303 e. The lowest BCUT2D eigenvalue weighted by atomic mass is 9.94. The molecule has 0 amide bonds. The predicted molar refractivity (Wildman–Crippen MR) is 53.9 cm³/mol. The van der Waals surface area contributed by atoms with Gasteiger partial charge in [0.05, 0.1) is 3.42 Å². The molecule has 0 aromatic rings. The third-order valence-corrected chi connectivity index (χ3v) is 3.13. The van der Waals surface area contributed by atoms with Gasteiger partial charge < -0.3 is 4.74 Å². The summed E-state index contributed by atoms with van der Waals surface area (Å²) < 4.78 is 5.11. The first-order chi connectivity index (χ1) is 4.67.